The Kier molecular flexibility index (Phi) is 4.58. The lowest BCUT2D eigenvalue weighted by atomic mass is 10.0. The van der Waals surface area contributed by atoms with Gasteiger partial charge in [0.25, 0.3) is 0 Å². The largest absolute Gasteiger partial charge is 0.379 e. The molecule has 0 spiro atoms. The van der Waals surface area contributed by atoms with E-state index in [0.29, 0.717) is 19.1 Å². The number of nitrogens with one attached hydrogen (secondary N) is 2. The molecule has 0 aromatic rings. The first-order valence-corrected chi connectivity index (χ1v) is 8.10. The van der Waals surface area contributed by atoms with Crippen LogP contribution in [-0.2, 0) is 9.53 Å². The summed E-state index contributed by atoms with van der Waals surface area (Å²) in [5, 5.41) is 6.49. The second kappa shape index (κ2) is 6.41. The van der Waals surface area contributed by atoms with Gasteiger partial charge in [0.1, 0.15) is 0 Å². The highest BCUT2D eigenvalue weighted by Crippen LogP contribution is 2.31. The predicted molar refractivity (Wildman–Crippen MR) is 77.5 cm³/mol. The Balaban J connectivity index is 1.40. The van der Waals surface area contributed by atoms with E-state index in [4.69, 9.17) is 4.74 Å². The maximum atomic E-state index is 12.3. The maximum absolute atomic E-state index is 12.3. The van der Waals surface area contributed by atoms with Gasteiger partial charge in [0.15, 0.2) is 0 Å². The molecule has 3 unspecified atom stereocenters. The van der Waals surface area contributed by atoms with Gasteiger partial charge in [-0.15, -0.1) is 0 Å². The summed E-state index contributed by atoms with van der Waals surface area (Å²) >= 11 is 0. The van der Waals surface area contributed by atoms with Crippen molar-refractivity contribution < 1.29 is 9.53 Å². The van der Waals surface area contributed by atoms with Gasteiger partial charge in [0, 0.05) is 25.2 Å². The van der Waals surface area contributed by atoms with Crippen LogP contribution in [0.4, 0.5) is 0 Å². The van der Waals surface area contributed by atoms with Crippen LogP contribution in [0, 0.1) is 11.8 Å². The molecular weight excluding hydrogens is 254 g/mol. The number of amides is 1. The number of ether oxygens (including phenoxy) is 1. The van der Waals surface area contributed by atoms with E-state index in [2.05, 4.69) is 22.5 Å². The van der Waals surface area contributed by atoms with Crippen LogP contribution >= 0.6 is 0 Å². The van der Waals surface area contributed by atoms with Gasteiger partial charge in [-0.3, -0.25) is 4.79 Å². The summed E-state index contributed by atoms with van der Waals surface area (Å²) in [7, 11) is 0. The Bertz CT molecular complexity index is 346. The molecule has 114 valence electrons. The van der Waals surface area contributed by atoms with Gasteiger partial charge in [-0.25, -0.2) is 0 Å². The molecule has 3 atom stereocenters. The van der Waals surface area contributed by atoms with E-state index in [9.17, 15) is 4.79 Å². The fraction of sp³-hybridized carbons (Fsp3) is 0.933. The van der Waals surface area contributed by atoms with Crippen LogP contribution in [0.1, 0.15) is 26.2 Å². The first-order chi connectivity index (χ1) is 9.78. The van der Waals surface area contributed by atoms with Crippen molar-refractivity contribution in [3.8, 4) is 0 Å². The molecule has 0 bridgehead atoms. The number of likely N-dealkylation sites (tertiary alicyclic amines) is 1. The van der Waals surface area contributed by atoms with Crippen LogP contribution in [0.15, 0.2) is 0 Å². The molecular formula is C15H27N3O2. The minimum Gasteiger partial charge on any atom is -0.379 e. The summed E-state index contributed by atoms with van der Waals surface area (Å²) in [6, 6.07) is 1.05. The lowest BCUT2D eigenvalue weighted by Gasteiger charge is -2.19. The van der Waals surface area contributed by atoms with Crippen LogP contribution < -0.4 is 10.6 Å². The minimum atomic E-state index is -0.0177. The van der Waals surface area contributed by atoms with E-state index in [1.54, 1.807) is 0 Å². The average molecular weight is 281 g/mol. The Morgan fingerprint density at radius 3 is 2.90 bits per heavy atom. The first kappa shape index (κ1) is 14.3. The molecule has 3 fully saturated rings. The summed E-state index contributed by atoms with van der Waals surface area (Å²) < 4.78 is 5.44. The minimum absolute atomic E-state index is 0.0177. The Morgan fingerprint density at radius 2 is 2.15 bits per heavy atom. The third-order valence-electron chi connectivity index (χ3n) is 4.83. The smallest absolute Gasteiger partial charge is 0.227 e. The van der Waals surface area contributed by atoms with Crippen LogP contribution in [0.25, 0.3) is 0 Å². The van der Waals surface area contributed by atoms with E-state index >= 15 is 0 Å². The molecule has 1 aliphatic carbocycles. The summed E-state index contributed by atoms with van der Waals surface area (Å²) in [5.74, 6) is 0.786. The molecule has 0 radical (unpaired) electrons. The number of likely N-dealkylation sites (N-methyl/N-ethyl adjacent to an activating group) is 1. The molecule has 1 amide bonds. The second-order valence-electron chi connectivity index (χ2n) is 6.43. The van der Waals surface area contributed by atoms with Crippen molar-refractivity contribution in [3.05, 3.63) is 0 Å². The summed E-state index contributed by atoms with van der Waals surface area (Å²) in [6.45, 7) is 7.39. The van der Waals surface area contributed by atoms with Gasteiger partial charge in [-0.1, -0.05) is 6.92 Å². The van der Waals surface area contributed by atoms with E-state index in [1.165, 1.54) is 32.4 Å². The zero-order valence-electron chi connectivity index (χ0n) is 12.4. The van der Waals surface area contributed by atoms with Gasteiger partial charge in [-0.05, 0) is 38.3 Å². The van der Waals surface area contributed by atoms with Gasteiger partial charge in [0.05, 0.1) is 19.1 Å². The van der Waals surface area contributed by atoms with Crippen molar-refractivity contribution >= 4 is 5.91 Å². The number of hydrogen-bond donors (Lipinski definition) is 2. The van der Waals surface area contributed by atoms with Crippen LogP contribution in [-0.4, -0.2) is 62.3 Å². The molecule has 2 saturated heterocycles. The number of hydrogen-bond acceptors (Lipinski definition) is 4. The van der Waals surface area contributed by atoms with Crippen molar-refractivity contribution in [1.29, 1.82) is 0 Å². The molecule has 0 aromatic heterocycles. The predicted octanol–water partition coefficient (Wildman–Crippen LogP) is 0.211. The Morgan fingerprint density at radius 1 is 1.30 bits per heavy atom. The number of nitrogens with zero attached hydrogens (tertiary/aromatic N) is 1. The SMILES string of the molecule is CCNC1COCC1C(=O)NCC1CCN(C2CC2)C1. The maximum Gasteiger partial charge on any atom is 0.227 e. The molecule has 0 aromatic carbocycles. The van der Waals surface area contributed by atoms with E-state index in [0.717, 1.165) is 19.1 Å². The van der Waals surface area contributed by atoms with E-state index < -0.39 is 0 Å². The monoisotopic (exact) mass is 281 g/mol. The Hall–Kier alpha value is -0.650. The summed E-state index contributed by atoms with van der Waals surface area (Å²) in [6.07, 6.45) is 3.99. The van der Waals surface area contributed by atoms with Gasteiger partial charge in [-0.2, -0.15) is 0 Å². The molecule has 5 heteroatoms. The van der Waals surface area contributed by atoms with Gasteiger partial charge >= 0.3 is 0 Å². The van der Waals surface area contributed by atoms with E-state index in [-0.39, 0.29) is 17.9 Å². The third-order valence-corrected chi connectivity index (χ3v) is 4.83. The van der Waals surface area contributed by atoms with Crippen molar-refractivity contribution in [2.75, 3.05) is 39.4 Å². The standard InChI is InChI=1S/C15H27N3O2/c1-2-16-14-10-20-9-13(14)15(19)17-7-11-5-6-18(8-11)12-3-4-12/h11-14,16H,2-10H2,1H3,(H,17,19). The van der Waals surface area contributed by atoms with Gasteiger partial charge in [0.2, 0.25) is 5.91 Å². The zero-order valence-corrected chi connectivity index (χ0v) is 12.4. The quantitative estimate of drug-likeness (QED) is 0.731. The van der Waals surface area contributed by atoms with E-state index in [1.807, 2.05) is 0 Å². The fourth-order valence-corrected chi connectivity index (χ4v) is 3.45. The van der Waals surface area contributed by atoms with Crippen LogP contribution in [0.5, 0.6) is 0 Å². The molecule has 1 saturated carbocycles. The van der Waals surface area contributed by atoms with Crippen LogP contribution in [0.3, 0.4) is 0 Å². The van der Waals surface area contributed by atoms with Crippen molar-refractivity contribution in [3.63, 3.8) is 0 Å². The summed E-state index contributed by atoms with van der Waals surface area (Å²) in [4.78, 5) is 14.9. The highest BCUT2D eigenvalue weighted by Gasteiger charge is 2.36. The van der Waals surface area contributed by atoms with Crippen molar-refractivity contribution in [2.45, 2.75) is 38.3 Å². The fourth-order valence-electron chi connectivity index (χ4n) is 3.45. The lowest BCUT2D eigenvalue weighted by Crippen LogP contribution is -2.45. The average Bonchev–Trinajstić information content (AvgIpc) is 3.01. The third kappa shape index (κ3) is 3.32. The first-order valence-electron chi connectivity index (χ1n) is 8.10. The van der Waals surface area contributed by atoms with Crippen molar-refractivity contribution in [1.82, 2.24) is 15.5 Å². The molecule has 20 heavy (non-hydrogen) atoms. The molecule has 2 aliphatic heterocycles. The zero-order chi connectivity index (χ0) is 13.9. The number of carbonyl (C=O) groups is 1. The van der Waals surface area contributed by atoms with Crippen molar-refractivity contribution in [2.24, 2.45) is 11.8 Å². The molecule has 5 nitrogen and oxygen atoms in total. The number of carbonyl (C=O) groups excluding carboxylic acids is 1. The van der Waals surface area contributed by atoms with Crippen LogP contribution in [0.2, 0.25) is 0 Å². The Labute approximate surface area is 121 Å². The molecule has 3 aliphatic rings. The molecule has 2 heterocycles. The molecule has 2 N–H and O–H groups in total. The van der Waals surface area contributed by atoms with Gasteiger partial charge < -0.3 is 20.3 Å². The number of rotatable bonds is 6. The highest BCUT2D eigenvalue weighted by molar-refractivity contribution is 5.79. The highest BCUT2D eigenvalue weighted by atomic mass is 16.5. The second-order valence-corrected chi connectivity index (χ2v) is 6.43. The topological polar surface area (TPSA) is 53.6 Å². The lowest BCUT2D eigenvalue weighted by molar-refractivity contribution is -0.125. The molecule has 3 rings (SSSR count). The summed E-state index contributed by atoms with van der Waals surface area (Å²) in [5.41, 5.74) is 0. The normalized spacial score (nSPS) is 34.5.